The quantitative estimate of drug-likeness (QED) is 0.932. The smallest absolute Gasteiger partial charge is 0.304 e. The fourth-order valence-corrected chi connectivity index (χ4v) is 3.10. The molecule has 4 nitrogen and oxygen atoms in total. The third-order valence-electron chi connectivity index (χ3n) is 3.73. The molecule has 1 aliphatic heterocycles. The number of carboxylic acid groups (broad SMARTS) is 1. The van der Waals surface area contributed by atoms with Gasteiger partial charge in [-0.1, -0.05) is 15.9 Å². The van der Waals surface area contributed by atoms with Crippen molar-refractivity contribution in [3.05, 3.63) is 21.7 Å². The van der Waals surface area contributed by atoms with Crippen molar-refractivity contribution >= 4 is 21.9 Å². The summed E-state index contributed by atoms with van der Waals surface area (Å²) in [5, 5.41) is 9.08. The average molecular weight is 313 g/mol. The van der Waals surface area contributed by atoms with Gasteiger partial charge in [-0.25, -0.2) is 0 Å². The molecule has 0 bridgehead atoms. The van der Waals surface area contributed by atoms with Crippen molar-refractivity contribution in [3.8, 4) is 11.5 Å². The molecule has 0 unspecified atom stereocenters. The summed E-state index contributed by atoms with van der Waals surface area (Å²) in [6, 6.07) is 1.89. The van der Waals surface area contributed by atoms with E-state index in [4.69, 9.17) is 14.6 Å². The van der Waals surface area contributed by atoms with Crippen molar-refractivity contribution in [2.75, 3.05) is 6.79 Å². The molecule has 0 atom stereocenters. The van der Waals surface area contributed by atoms with Crippen molar-refractivity contribution in [2.45, 2.75) is 31.6 Å². The highest BCUT2D eigenvalue weighted by atomic mass is 79.9. The number of carboxylic acids is 1. The van der Waals surface area contributed by atoms with Gasteiger partial charge in [0.2, 0.25) is 6.79 Å². The molecule has 5 heteroatoms. The van der Waals surface area contributed by atoms with E-state index in [1.807, 2.05) is 13.0 Å². The first-order chi connectivity index (χ1) is 8.53. The van der Waals surface area contributed by atoms with Crippen LogP contribution in [0.5, 0.6) is 11.5 Å². The van der Waals surface area contributed by atoms with Crippen LogP contribution in [0.1, 0.15) is 30.4 Å². The monoisotopic (exact) mass is 312 g/mol. The zero-order valence-corrected chi connectivity index (χ0v) is 11.5. The number of aliphatic carboxylic acids is 1. The maximum atomic E-state index is 11.0. The van der Waals surface area contributed by atoms with Crippen LogP contribution >= 0.6 is 15.9 Å². The van der Waals surface area contributed by atoms with Crippen molar-refractivity contribution in [1.82, 2.24) is 0 Å². The molecule has 1 saturated carbocycles. The Kier molecular flexibility index (Phi) is 2.55. The van der Waals surface area contributed by atoms with E-state index >= 15 is 0 Å². The Hall–Kier alpha value is -1.23. The SMILES string of the molecule is Cc1c(Br)cc2c(c1C1(CC(=O)O)CC1)OCO2. The summed E-state index contributed by atoms with van der Waals surface area (Å²) in [4.78, 5) is 11.0. The van der Waals surface area contributed by atoms with Crippen LogP contribution in [0, 0.1) is 6.92 Å². The topological polar surface area (TPSA) is 55.8 Å². The highest BCUT2D eigenvalue weighted by Crippen LogP contribution is 2.58. The predicted molar refractivity (Wildman–Crippen MR) is 68.2 cm³/mol. The summed E-state index contributed by atoms with van der Waals surface area (Å²) in [6.45, 7) is 2.20. The molecule has 1 fully saturated rings. The van der Waals surface area contributed by atoms with Gasteiger partial charge < -0.3 is 14.6 Å². The Morgan fingerprint density at radius 2 is 2.22 bits per heavy atom. The molecule has 18 heavy (non-hydrogen) atoms. The van der Waals surface area contributed by atoms with E-state index in [1.54, 1.807) is 0 Å². The third-order valence-corrected chi connectivity index (χ3v) is 4.56. The van der Waals surface area contributed by atoms with E-state index in [0.717, 1.165) is 34.2 Å². The standard InChI is InChI=1S/C13H13BrO4/c1-7-8(14)4-9-12(18-6-17-9)11(7)13(2-3-13)5-10(15)16/h4H,2-3,5-6H2,1H3,(H,15,16). The van der Waals surface area contributed by atoms with Crippen LogP contribution in [0.2, 0.25) is 0 Å². The lowest BCUT2D eigenvalue weighted by Gasteiger charge is -2.19. The van der Waals surface area contributed by atoms with Gasteiger partial charge in [0.25, 0.3) is 0 Å². The van der Waals surface area contributed by atoms with Crippen LogP contribution in [0.25, 0.3) is 0 Å². The van der Waals surface area contributed by atoms with Crippen LogP contribution in [-0.4, -0.2) is 17.9 Å². The maximum Gasteiger partial charge on any atom is 0.304 e. The van der Waals surface area contributed by atoms with Crippen LogP contribution in [-0.2, 0) is 10.2 Å². The van der Waals surface area contributed by atoms with Gasteiger partial charge in [-0.2, -0.15) is 0 Å². The molecule has 1 aliphatic carbocycles. The molecule has 96 valence electrons. The highest BCUT2D eigenvalue weighted by molar-refractivity contribution is 9.10. The Morgan fingerprint density at radius 1 is 1.50 bits per heavy atom. The number of halogens is 1. The van der Waals surface area contributed by atoms with Gasteiger partial charge in [-0.3, -0.25) is 4.79 Å². The first-order valence-corrected chi connectivity index (χ1v) is 6.64. The number of carbonyl (C=O) groups is 1. The third kappa shape index (κ3) is 1.68. The summed E-state index contributed by atoms with van der Waals surface area (Å²) >= 11 is 3.50. The zero-order valence-electron chi connectivity index (χ0n) is 9.96. The van der Waals surface area contributed by atoms with E-state index in [9.17, 15) is 4.79 Å². The van der Waals surface area contributed by atoms with Gasteiger partial charge in [0, 0.05) is 15.5 Å². The summed E-state index contributed by atoms with van der Waals surface area (Å²) in [6.07, 6.45) is 1.94. The lowest BCUT2D eigenvalue weighted by molar-refractivity contribution is -0.137. The molecule has 2 aliphatic rings. The first kappa shape index (κ1) is 11.8. The number of hydrogen-bond donors (Lipinski definition) is 1. The normalized spacial score (nSPS) is 18.8. The minimum atomic E-state index is -0.764. The summed E-state index contributed by atoms with van der Waals surface area (Å²) in [7, 11) is 0. The van der Waals surface area contributed by atoms with Gasteiger partial charge in [0.15, 0.2) is 11.5 Å². The predicted octanol–water partition coefficient (Wildman–Crippen LogP) is 2.99. The fraction of sp³-hybridized carbons (Fsp3) is 0.462. The Balaban J connectivity index is 2.14. The number of hydrogen-bond acceptors (Lipinski definition) is 3. The number of ether oxygens (including phenoxy) is 2. The number of benzene rings is 1. The molecule has 0 saturated heterocycles. The van der Waals surface area contributed by atoms with Gasteiger partial charge in [0.05, 0.1) is 6.42 Å². The Labute approximate surface area is 113 Å². The molecular formula is C13H13BrO4. The Morgan fingerprint density at radius 3 is 2.83 bits per heavy atom. The van der Waals surface area contributed by atoms with Crippen molar-refractivity contribution in [2.24, 2.45) is 0 Å². The molecule has 1 aromatic rings. The molecule has 0 spiro atoms. The van der Waals surface area contributed by atoms with Gasteiger partial charge >= 0.3 is 5.97 Å². The molecule has 0 amide bonds. The number of rotatable bonds is 3. The van der Waals surface area contributed by atoms with Gasteiger partial charge in [-0.15, -0.1) is 0 Å². The minimum Gasteiger partial charge on any atom is -0.481 e. The van der Waals surface area contributed by atoms with Crippen LogP contribution in [0.15, 0.2) is 10.5 Å². The van der Waals surface area contributed by atoms with Crippen LogP contribution in [0.3, 0.4) is 0 Å². The zero-order chi connectivity index (χ0) is 12.9. The average Bonchev–Trinajstić information content (AvgIpc) is 2.88. The highest BCUT2D eigenvalue weighted by Gasteiger charge is 2.50. The molecule has 0 radical (unpaired) electrons. The fourth-order valence-electron chi connectivity index (χ4n) is 2.70. The second kappa shape index (κ2) is 3.88. The van der Waals surface area contributed by atoms with E-state index in [-0.39, 0.29) is 18.6 Å². The van der Waals surface area contributed by atoms with Gasteiger partial charge in [-0.05, 0) is 31.4 Å². The second-order valence-corrected chi connectivity index (χ2v) is 5.80. The largest absolute Gasteiger partial charge is 0.481 e. The van der Waals surface area contributed by atoms with E-state index in [2.05, 4.69) is 15.9 Å². The van der Waals surface area contributed by atoms with Gasteiger partial charge in [0.1, 0.15) is 0 Å². The van der Waals surface area contributed by atoms with Crippen molar-refractivity contribution in [1.29, 1.82) is 0 Å². The summed E-state index contributed by atoms with van der Waals surface area (Å²) in [5.74, 6) is 0.674. The van der Waals surface area contributed by atoms with E-state index in [1.165, 1.54) is 0 Å². The maximum absolute atomic E-state index is 11.0. The molecular weight excluding hydrogens is 300 g/mol. The molecule has 1 heterocycles. The Bertz CT molecular complexity index is 534. The molecule has 1 N–H and O–H groups in total. The van der Waals surface area contributed by atoms with Crippen molar-refractivity contribution in [3.63, 3.8) is 0 Å². The molecule has 1 aromatic carbocycles. The molecule has 0 aromatic heterocycles. The van der Waals surface area contributed by atoms with Crippen LogP contribution < -0.4 is 9.47 Å². The lowest BCUT2D eigenvalue weighted by atomic mass is 9.88. The minimum absolute atomic E-state index is 0.153. The summed E-state index contributed by atoms with van der Waals surface area (Å²) in [5.41, 5.74) is 1.79. The molecule has 3 rings (SSSR count). The lowest BCUT2D eigenvalue weighted by Crippen LogP contribution is -2.15. The van der Waals surface area contributed by atoms with E-state index in [0.29, 0.717) is 5.75 Å². The van der Waals surface area contributed by atoms with E-state index < -0.39 is 5.97 Å². The summed E-state index contributed by atoms with van der Waals surface area (Å²) < 4.78 is 11.9. The van der Waals surface area contributed by atoms with Crippen molar-refractivity contribution < 1.29 is 19.4 Å². The second-order valence-electron chi connectivity index (χ2n) is 4.94. The van der Waals surface area contributed by atoms with Crippen LogP contribution in [0.4, 0.5) is 0 Å². The number of fused-ring (bicyclic) bond motifs is 1. The first-order valence-electron chi connectivity index (χ1n) is 5.84.